The zero-order valence-corrected chi connectivity index (χ0v) is 19.7. The molecule has 0 bridgehead atoms. The van der Waals surface area contributed by atoms with Crippen LogP contribution >= 0.6 is 11.3 Å². The van der Waals surface area contributed by atoms with Crippen molar-refractivity contribution >= 4 is 34.1 Å². The van der Waals surface area contributed by atoms with E-state index in [1.807, 2.05) is 47.8 Å². The first kappa shape index (κ1) is 22.3. The molecule has 1 fully saturated rings. The summed E-state index contributed by atoms with van der Waals surface area (Å²) in [5.41, 5.74) is 1.60. The average Bonchev–Trinajstić information content (AvgIpc) is 3.58. The van der Waals surface area contributed by atoms with Crippen LogP contribution in [-0.2, 0) is 11.3 Å². The molecule has 3 heterocycles. The molecular formula is C27H27N3O3S. The minimum atomic E-state index is -0.800. The number of thiophene rings is 1. The number of nitrogens with zero attached hydrogens (tertiary/aromatic N) is 2. The van der Waals surface area contributed by atoms with E-state index in [4.69, 9.17) is 4.42 Å². The standard InChI is InChI=1S/C27H27N3O3S/c31-26(29-21-8-2-1-3-9-21)25(20-12-13-23-19(17-20)7-4-14-28-23)30(18-22-10-5-15-33-22)27(32)24-11-6-16-34-24/h4-7,10-17,21,25H,1-3,8-9,18H2,(H,29,31)/t25-/m0/s1. The number of pyridine rings is 1. The molecule has 4 aromatic rings. The predicted octanol–water partition coefficient (Wildman–Crippen LogP) is 5.72. The summed E-state index contributed by atoms with van der Waals surface area (Å²) in [4.78, 5) is 34.2. The van der Waals surface area contributed by atoms with E-state index in [1.165, 1.54) is 17.8 Å². The Hall–Kier alpha value is -3.45. The number of nitrogens with one attached hydrogen (secondary N) is 1. The van der Waals surface area contributed by atoms with E-state index in [2.05, 4.69) is 10.3 Å². The van der Waals surface area contributed by atoms with Gasteiger partial charge >= 0.3 is 0 Å². The molecule has 0 unspecified atom stereocenters. The number of aromatic nitrogens is 1. The fourth-order valence-electron chi connectivity index (χ4n) is 4.66. The molecule has 7 heteroatoms. The summed E-state index contributed by atoms with van der Waals surface area (Å²) in [6.07, 6.45) is 8.70. The molecule has 1 aromatic carbocycles. The summed E-state index contributed by atoms with van der Waals surface area (Å²) in [6, 6.07) is 16.2. The summed E-state index contributed by atoms with van der Waals surface area (Å²) in [5.74, 6) is 0.274. The highest BCUT2D eigenvalue weighted by Gasteiger charge is 2.34. The highest BCUT2D eigenvalue weighted by Crippen LogP contribution is 2.30. The third-order valence-corrected chi connectivity index (χ3v) is 7.21. The van der Waals surface area contributed by atoms with Gasteiger partial charge in [0.25, 0.3) is 5.91 Å². The van der Waals surface area contributed by atoms with E-state index in [0.29, 0.717) is 10.6 Å². The van der Waals surface area contributed by atoms with Crippen LogP contribution in [-0.4, -0.2) is 27.7 Å². The van der Waals surface area contributed by atoms with Gasteiger partial charge in [-0.15, -0.1) is 11.3 Å². The van der Waals surface area contributed by atoms with Gasteiger partial charge < -0.3 is 14.6 Å². The van der Waals surface area contributed by atoms with Gasteiger partial charge in [0.15, 0.2) is 0 Å². The summed E-state index contributed by atoms with van der Waals surface area (Å²) in [6.45, 7) is 0.192. The van der Waals surface area contributed by atoms with Crippen LogP contribution in [0.4, 0.5) is 0 Å². The molecule has 3 aromatic heterocycles. The monoisotopic (exact) mass is 473 g/mol. The van der Waals surface area contributed by atoms with Crippen LogP contribution in [0, 0.1) is 0 Å². The van der Waals surface area contributed by atoms with Gasteiger partial charge in [-0.05, 0) is 60.2 Å². The number of carbonyl (C=O) groups excluding carboxylic acids is 2. The lowest BCUT2D eigenvalue weighted by molar-refractivity contribution is -0.127. The van der Waals surface area contributed by atoms with Gasteiger partial charge in [-0.3, -0.25) is 14.6 Å². The number of furan rings is 1. The largest absolute Gasteiger partial charge is 0.467 e. The predicted molar refractivity (Wildman–Crippen MR) is 132 cm³/mol. The van der Waals surface area contributed by atoms with E-state index in [9.17, 15) is 9.59 Å². The first-order valence-corrected chi connectivity index (χ1v) is 12.6. The molecule has 0 spiro atoms. The molecule has 174 valence electrons. The second kappa shape index (κ2) is 10.2. The Morgan fingerprint density at radius 2 is 1.97 bits per heavy atom. The zero-order chi connectivity index (χ0) is 23.3. The van der Waals surface area contributed by atoms with Gasteiger partial charge in [-0.2, -0.15) is 0 Å². The van der Waals surface area contributed by atoms with Crippen LogP contribution < -0.4 is 5.32 Å². The molecule has 1 saturated carbocycles. The lowest BCUT2D eigenvalue weighted by atomic mass is 9.94. The minimum absolute atomic E-state index is 0.133. The Morgan fingerprint density at radius 1 is 1.09 bits per heavy atom. The summed E-state index contributed by atoms with van der Waals surface area (Å²) in [7, 11) is 0. The lowest BCUT2D eigenvalue weighted by Gasteiger charge is -2.33. The molecule has 2 amide bonds. The maximum Gasteiger partial charge on any atom is 0.265 e. The number of hydrogen-bond acceptors (Lipinski definition) is 5. The minimum Gasteiger partial charge on any atom is -0.467 e. The van der Waals surface area contributed by atoms with Gasteiger partial charge in [0.1, 0.15) is 11.8 Å². The Balaban J connectivity index is 1.56. The number of benzene rings is 1. The van der Waals surface area contributed by atoms with Crippen molar-refractivity contribution in [3.63, 3.8) is 0 Å². The van der Waals surface area contributed by atoms with Crippen molar-refractivity contribution in [2.24, 2.45) is 0 Å². The van der Waals surface area contributed by atoms with Crippen molar-refractivity contribution in [2.75, 3.05) is 0 Å². The molecule has 0 radical (unpaired) electrons. The molecular weight excluding hydrogens is 446 g/mol. The Morgan fingerprint density at radius 3 is 2.74 bits per heavy atom. The van der Waals surface area contributed by atoms with Crippen LogP contribution in [0.15, 0.2) is 76.9 Å². The average molecular weight is 474 g/mol. The van der Waals surface area contributed by atoms with E-state index < -0.39 is 6.04 Å². The van der Waals surface area contributed by atoms with Crippen LogP contribution in [0.2, 0.25) is 0 Å². The van der Waals surface area contributed by atoms with Crippen molar-refractivity contribution in [1.82, 2.24) is 15.2 Å². The molecule has 1 N–H and O–H groups in total. The van der Waals surface area contributed by atoms with Gasteiger partial charge in [0, 0.05) is 17.6 Å². The lowest BCUT2D eigenvalue weighted by Crippen LogP contribution is -2.46. The smallest absolute Gasteiger partial charge is 0.265 e. The van der Waals surface area contributed by atoms with Crippen molar-refractivity contribution in [3.8, 4) is 0 Å². The highest BCUT2D eigenvalue weighted by molar-refractivity contribution is 7.12. The molecule has 1 aliphatic rings. The molecule has 6 nitrogen and oxygen atoms in total. The number of carbonyl (C=O) groups is 2. The number of rotatable bonds is 7. The third kappa shape index (κ3) is 4.89. The van der Waals surface area contributed by atoms with E-state index in [0.717, 1.165) is 42.1 Å². The van der Waals surface area contributed by atoms with Gasteiger partial charge in [-0.25, -0.2) is 0 Å². The zero-order valence-electron chi connectivity index (χ0n) is 18.9. The maximum absolute atomic E-state index is 13.8. The fraction of sp³-hybridized carbons (Fsp3) is 0.296. The van der Waals surface area contributed by atoms with E-state index in [-0.39, 0.29) is 24.4 Å². The van der Waals surface area contributed by atoms with Crippen LogP contribution in [0.3, 0.4) is 0 Å². The number of fused-ring (bicyclic) bond motifs is 1. The summed E-state index contributed by atoms with van der Waals surface area (Å²) in [5, 5.41) is 6.05. The van der Waals surface area contributed by atoms with Gasteiger partial charge in [-0.1, -0.05) is 37.5 Å². The third-order valence-electron chi connectivity index (χ3n) is 6.35. The Kier molecular flexibility index (Phi) is 6.72. The number of amides is 2. The van der Waals surface area contributed by atoms with Crippen molar-refractivity contribution in [3.05, 3.63) is 88.6 Å². The normalized spacial score (nSPS) is 15.2. The maximum atomic E-state index is 13.8. The second-order valence-corrected chi connectivity index (χ2v) is 9.64. The highest BCUT2D eigenvalue weighted by atomic mass is 32.1. The quantitative estimate of drug-likeness (QED) is 0.372. The SMILES string of the molecule is O=C(NC1CCCCC1)[C@H](c1ccc2ncccc2c1)N(Cc1ccco1)C(=O)c1cccs1. The topological polar surface area (TPSA) is 75.4 Å². The first-order chi connectivity index (χ1) is 16.7. The van der Waals surface area contributed by atoms with Crippen LogP contribution in [0.5, 0.6) is 0 Å². The fourth-order valence-corrected chi connectivity index (χ4v) is 5.34. The molecule has 34 heavy (non-hydrogen) atoms. The first-order valence-electron chi connectivity index (χ1n) is 11.7. The van der Waals surface area contributed by atoms with E-state index in [1.54, 1.807) is 29.5 Å². The van der Waals surface area contributed by atoms with Gasteiger partial charge in [0.05, 0.1) is 23.2 Å². The second-order valence-electron chi connectivity index (χ2n) is 8.69. The molecule has 0 aliphatic heterocycles. The van der Waals surface area contributed by atoms with E-state index >= 15 is 0 Å². The molecule has 1 aliphatic carbocycles. The van der Waals surface area contributed by atoms with Crippen molar-refractivity contribution < 1.29 is 14.0 Å². The van der Waals surface area contributed by atoms with Gasteiger partial charge in [0.2, 0.25) is 5.91 Å². The Labute approximate surface area is 202 Å². The van der Waals surface area contributed by atoms with Crippen molar-refractivity contribution in [1.29, 1.82) is 0 Å². The summed E-state index contributed by atoms with van der Waals surface area (Å²) >= 11 is 1.37. The number of hydrogen-bond donors (Lipinski definition) is 1. The molecule has 1 atom stereocenters. The van der Waals surface area contributed by atoms with Crippen LogP contribution in [0.25, 0.3) is 10.9 Å². The molecule has 5 rings (SSSR count). The molecule has 0 saturated heterocycles. The Bertz CT molecular complexity index is 1250. The van der Waals surface area contributed by atoms with Crippen LogP contribution in [0.1, 0.15) is 59.1 Å². The van der Waals surface area contributed by atoms with Crippen molar-refractivity contribution in [2.45, 2.75) is 50.7 Å². The summed E-state index contributed by atoms with van der Waals surface area (Å²) < 4.78 is 5.59.